The topological polar surface area (TPSA) is 67.9 Å². The number of ether oxygens (including phenoxy) is 2. The van der Waals surface area contributed by atoms with Crippen LogP contribution in [0.1, 0.15) is 43.0 Å². The van der Waals surface area contributed by atoms with Crippen LogP contribution in [-0.4, -0.2) is 26.0 Å². The molecule has 0 aliphatic carbocycles. The van der Waals surface area contributed by atoms with E-state index in [1.54, 1.807) is 19.1 Å². The van der Waals surface area contributed by atoms with E-state index in [0.29, 0.717) is 17.9 Å². The smallest absolute Gasteiger partial charge is 0.227 e. The van der Waals surface area contributed by atoms with Crippen molar-refractivity contribution >= 4 is 17.5 Å². The predicted molar refractivity (Wildman–Crippen MR) is 132 cm³/mol. The lowest BCUT2D eigenvalue weighted by Gasteiger charge is -2.41. The average molecular weight is 459 g/mol. The van der Waals surface area contributed by atoms with Crippen LogP contribution in [0.4, 0.5) is 5.69 Å². The summed E-state index contributed by atoms with van der Waals surface area (Å²) in [5.41, 5.74) is 2.56. The normalized spacial score (nSPS) is 18.8. The monoisotopic (exact) mass is 458 g/mol. The van der Waals surface area contributed by atoms with Gasteiger partial charge in [-0.1, -0.05) is 48.5 Å². The predicted octanol–water partition coefficient (Wildman–Crippen LogP) is 5.07. The second-order valence-electron chi connectivity index (χ2n) is 8.43. The number of benzene rings is 3. The summed E-state index contributed by atoms with van der Waals surface area (Å²) in [4.78, 5) is 28.6. The first-order valence-electron chi connectivity index (χ1n) is 11.5. The molecule has 0 saturated carbocycles. The molecule has 3 atom stereocenters. The Labute approximate surface area is 200 Å². The Balaban J connectivity index is 1.73. The molecule has 3 aromatic rings. The van der Waals surface area contributed by atoms with Crippen LogP contribution in [-0.2, 0) is 9.59 Å². The Bertz CT molecular complexity index is 1130. The lowest BCUT2D eigenvalue weighted by atomic mass is 9.82. The number of piperidine rings is 1. The zero-order valence-electron chi connectivity index (χ0n) is 19.7. The minimum Gasteiger partial charge on any atom is -0.497 e. The standard InChI is InChI=1S/C28H30N2O4/c1-19(20-9-5-4-6-10-20)29-28(32)24-17-18-26(31)30(21-13-15-22(33-2)16-14-21)27(24)23-11-7-8-12-25(23)34-3/h4-16,19,24,27H,17-18H2,1-3H3,(H,29,32). The van der Waals surface area contributed by atoms with Crippen LogP contribution in [0.5, 0.6) is 11.5 Å². The van der Waals surface area contributed by atoms with Crippen LogP contribution in [0.15, 0.2) is 78.9 Å². The van der Waals surface area contributed by atoms with Gasteiger partial charge in [-0.15, -0.1) is 0 Å². The Hall–Kier alpha value is -3.80. The Morgan fingerprint density at radius 3 is 2.29 bits per heavy atom. The molecule has 6 heteroatoms. The molecule has 1 N–H and O–H groups in total. The SMILES string of the molecule is COc1ccc(N2C(=O)CCC(C(=O)NC(C)c3ccccc3)C2c2ccccc2OC)cc1. The van der Waals surface area contributed by atoms with Crippen LogP contribution in [0.3, 0.4) is 0 Å². The van der Waals surface area contributed by atoms with Gasteiger partial charge in [0, 0.05) is 17.7 Å². The van der Waals surface area contributed by atoms with Crippen molar-refractivity contribution in [2.24, 2.45) is 5.92 Å². The van der Waals surface area contributed by atoms with Crippen LogP contribution >= 0.6 is 0 Å². The Morgan fingerprint density at radius 1 is 0.941 bits per heavy atom. The van der Waals surface area contributed by atoms with Gasteiger partial charge in [-0.25, -0.2) is 0 Å². The lowest BCUT2D eigenvalue weighted by molar-refractivity contribution is -0.129. The average Bonchev–Trinajstić information content (AvgIpc) is 2.89. The maximum Gasteiger partial charge on any atom is 0.227 e. The number of methoxy groups -OCH3 is 2. The van der Waals surface area contributed by atoms with E-state index < -0.39 is 12.0 Å². The lowest BCUT2D eigenvalue weighted by Crippen LogP contribution is -2.48. The summed E-state index contributed by atoms with van der Waals surface area (Å²) in [5.74, 6) is 0.796. The van der Waals surface area contributed by atoms with E-state index in [9.17, 15) is 9.59 Å². The number of para-hydroxylation sites is 1. The van der Waals surface area contributed by atoms with Crippen LogP contribution in [0.2, 0.25) is 0 Å². The van der Waals surface area contributed by atoms with Gasteiger partial charge in [0.1, 0.15) is 11.5 Å². The molecule has 1 saturated heterocycles. The molecule has 3 unspecified atom stereocenters. The van der Waals surface area contributed by atoms with Gasteiger partial charge in [0.25, 0.3) is 0 Å². The van der Waals surface area contributed by atoms with Gasteiger partial charge in [0.15, 0.2) is 0 Å². The number of nitrogens with one attached hydrogen (secondary N) is 1. The number of amides is 2. The summed E-state index contributed by atoms with van der Waals surface area (Å²) < 4.78 is 10.9. The van der Waals surface area contributed by atoms with Gasteiger partial charge in [-0.3, -0.25) is 9.59 Å². The summed E-state index contributed by atoms with van der Waals surface area (Å²) in [7, 11) is 3.21. The van der Waals surface area contributed by atoms with Crippen molar-refractivity contribution in [2.45, 2.75) is 31.8 Å². The zero-order chi connectivity index (χ0) is 24.1. The molecule has 1 aliphatic rings. The van der Waals surface area contributed by atoms with Gasteiger partial charge in [-0.2, -0.15) is 0 Å². The second-order valence-corrected chi connectivity index (χ2v) is 8.43. The van der Waals surface area contributed by atoms with Crippen molar-refractivity contribution in [3.8, 4) is 11.5 Å². The number of hydrogen-bond donors (Lipinski definition) is 1. The fourth-order valence-electron chi connectivity index (χ4n) is 4.63. The highest BCUT2D eigenvalue weighted by Crippen LogP contribution is 2.43. The molecule has 0 radical (unpaired) electrons. The largest absolute Gasteiger partial charge is 0.497 e. The van der Waals surface area contributed by atoms with Gasteiger partial charge in [0.2, 0.25) is 11.8 Å². The highest BCUT2D eigenvalue weighted by molar-refractivity contribution is 5.97. The van der Waals surface area contributed by atoms with Gasteiger partial charge < -0.3 is 19.7 Å². The minimum atomic E-state index is -0.506. The van der Waals surface area contributed by atoms with Crippen molar-refractivity contribution in [3.63, 3.8) is 0 Å². The second kappa shape index (κ2) is 10.4. The van der Waals surface area contributed by atoms with Gasteiger partial charge >= 0.3 is 0 Å². The fraction of sp³-hybridized carbons (Fsp3) is 0.286. The van der Waals surface area contributed by atoms with Crippen LogP contribution in [0.25, 0.3) is 0 Å². The number of rotatable bonds is 7. The summed E-state index contributed by atoms with van der Waals surface area (Å²) in [6.45, 7) is 1.97. The van der Waals surface area contributed by atoms with Gasteiger partial charge in [0.05, 0.1) is 32.2 Å². The molecular formula is C28H30N2O4. The molecule has 0 spiro atoms. The highest BCUT2D eigenvalue weighted by atomic mass is 16.5. The molecule has 34 heavy (non-hydrogen) atoms. The quantitative estimate of drug-likeness (QED) is 0.537. The van der Waals surface area contributed by atoms with E-state index in [-0.39, 0.29) is 24.3 Å². The van der Waals surface area contributed by atoms with Crippen molar-refractivity contribution in [1.29, 1.82) is 0 Å². The molecule has 0 bridgehead atoms. The maximum absolute atomic E-state index is 13.6. The summed E-state index contributed by atoms with van der Waals surface area (Å²) in [6.07, 6.45) is 0.747. The molecule has 6 nitrogen and oxygen atoms in total. The molecular weight excluding hydrogens is 428 g/mol. The molecule has 1 aliphatic heterocycles. The number of carbonyl (C=O) groups excluding carboxylic acids is 2. The van der Waals surface area contributed by atoms with E-state index in [1.165, 1.54) is 0 Å². The molecule has 0 aromatic heterocycles. The van der Waals surface area contributed by atoms with Crippen LogP contribution < -0.4 is 19.7 Å². The van der Waals surface area contributed by atoms with Crippen LogP contribution in [0, 0.1) is 5.92 Å². The summed E-state index contributed by atoms with van der Waals surface area (Å²) in [6, 6.07) is 24.1. The molecule has 2 amide bonds. The molecule has 1 heterocycles. The molecule has 176 valence electrons. The first kappa shape index (κ1) is 23.4. The highest BCUT2D eigenvalue weighted by Gasteiger charge is 2.42. The zero-order valence-corrected chi connectivity index (χ0v) is 19.7. The number of anilines is 1. The third kappa shape index (κ3) is 4.76. The number of nitrogens with zero attached hydrogens (tertiary/aromatic N) is 1. The third-order valence-corrected chi connectivity index (χ3v) is 6.40. The van der Waals surface area contributed by atoms with E-state index in [0.717, 1.165) is 16.8 Å². The Morgan fingerprint density at radius 2 is 1.62 bits per heavy atom. The van der Waals surface area contributed by atoms with Gasteiger partial charge in [-0.05, 0) is 49.2 Å². The van der Waals surface area contributed by atoms with E-state index >= 15 is 0 Å². The van der Waals surface area contributed by atoms with Crippen molar-refractivity contribution < 1.29 is 19.1 Å². The van der Waals surface area contributed by atoms with Crippen molar-refractivity contribution in [3.05, 3.63) is 90.0 Å². The van der Waals surface area contributed by atoms with E-state index in [2.05, 4.69) is 5.32 Å². The molecule has 3 aromatic carbocycles. The van der Waals surface area contributed by atoms with E-state index in [4.69, 9.17) is 9.47 Å². The van der Waals surface area contributed by atoms with E-state index in [1.807, 2.05) is 85.8 Å². The molecule has 4 rings (SSSR count). The third-order valence-electron chi connectivity index (χ3n) is 6.40. The first-order chi connectivity index (χ1) is 16.5. The first-order valence-corrected chi connectivity index (χ1v) is 11.5. The number of hydrogen-bond acceptors (Lipinski definition) is 4. The Kier molecular flexibility index (Phi) is 7.16. The van der Waals surface area contributed by atoms with Crippen molar-refractivity contribution in [2.75, 3.05) is 19.1 Å². The van der Waals surface area contributed by atoms with Crippen molar-refractivity contribution in [1.82, 2.24) is 5.32 Å². The molecule has 1 fully saturated rings. The summed E-state index contributed by atoms with van der Waals surface area (Å²) in [5, 5.41) is 3.17. The number of carbonyl (C=O) groups is 2. The summed E-state index contributed by atoms with van der Waals surface area (Å²) >= 11 is 0. The maximum atomic E-state index is 13.6. The fourth-order valence-corrected chi connectivity index (χ4v) is 4.63. The minimum absolute atomic E-state index is 0.0266.